The van der Waals surface area contributed by atoms with Gasteiger partial charge in [0.1, 0.15) is 13.2 Å². The van der Waals surface area contributed by atoms with E-state index >= 15 is 0 Å². The van der Waals surface area contributed by atoms with Gasteiger partial charge in [-0.1, -0.05) is 0 Å². The molecule has 1 saturated heterocycles. The van der Waals surface area contributed by atoms with E-state index in [4.69, 9.17) is 9.47 Å². The second-order valence-electron chi connectivity index (χ2n) is 4.90. The van der Waals surface area contributed by atoms with E-state index in [1.165, 1.54) is 12.8 Å². The van der Waals surface area contributed by atoms with Crippen LogP contribution in [0.2, 0.25) is 0 Å². The highest BCUT2D eigenvalue weighted by Gasteiger charge is 2.25. The first-order valence-electron chi connectivity index (χ1n) is 6.59. The Hall–Kier alpha value is -1.07. The molecule has 1 atom stereocenters. The van der Waals surface area contributed by atoms with Crippen molar-refractivity contribution in [1.82, 2.24) is 5.32 Å². The van der Waals surface area contributed by atoms with Gasteiger partial charge in [-0.2, -0.15) is 0 Å². The summed E-state index contributed by atoms with van der Waals surface area (Å²) in [5, 5.41) is 3.48. The molecule has 0 amide bonds. The number of hydrogen-bond acceptors (Lipinski definition) is 4. The third-order valence-electron chi connectivity index (χ3n) is 3.62. The van der Waals surface area contributed by atoms with E-state index in [1.807, 2.05) is 6.07 Å². The lowest BCUT2D eigenvalue weighted by molar-refractivity contribution is 0.111. The third kappa shape index (κ3) is 2.49. The summed E-state index contributed by atoms with van der Waals surface area (Å²) in [6.45, 7) is 2.11. The lowest BCUT2D eigenvalue weighted by atomic mass is 10.0. The molecule has 0 saturated carbocycles. The Morgan fingerprint density at radius 2 is 2.16 bits per heavy atom. The Bertz CT molecular complexity index is 498. The fraction of sp³-hybridized carbons (Fsp3) is 0.500. The quantitative estimate of drug-likeness (QED) is 0.866. The molecule has 4 nitrogen and oxygen atoms in total. The maximum atomic E-state index is 11.2. The van der Waals surface area contributed by atoms with Crippen molar-refractivity contribution in [2.45, 2.75) is 25.3 Å². The molecule has 0 aromatic heterocycles. The van der Waals surface area contributed by atoms with Gasteiger partial charge in [-0.25, -0.2) is 0 Å². The summed E-state index contributed by atoms with van der Waals surface area (Å²) < 4.78 is 12.1. The van der Waals surface area contributed by atoms with Crippen LogP contribution in [-0.4, -0.2) is 32.1 Å². The van der Waals surface area contributed by atoms with E-state index in [-0.39, 0.29) is 0 Å². The second kappa shape index (κ2) is 5.51. The van der Waals surface area contributed by atoms with E-state index in [9.17, 15) is 4.79 Å². The topological polar surface area (TPSA) is 47.6 Å². The van der Waals surface area contributed by atoms with Crippen molar-refractivity contribution in [2.24, 2.45) is 0 Å². The summed E-state index contributed by atoms with van der Waals surface area (Å²) in [6, 6.07) is 2.47. The molecule has 2 heterocycles. The van der Waals surface area contributed by atoms with Crippen LogP contribution in [0, 0.1) is 0 Å². The number of benzene rings is 1. The van der Waals surface area contributed by atoms with Crippen LogP contribution in [0.5, 0.6) is 11.5 Å². The predicted octanol–water partition coefficient (Wildman–Crippen LogP) is 2.33. The molecule has 3 rings (SSSR count). The van der Waals surface area contributed by atoms with Crippen LogP contribution in [0.25, 0.3) is 0 Å². The summed E-state index contributed by atoms with van der Waals surface area (Å²) in [4.78, 5) is 11.2. The summed E-state index contributed by atoms with van der Waals surface area (Å²) in [7, 11) is 0. The number of carbonyl (C=O) groups is 1. The normalized spacial score (nSPS) is 21.4. The van der Waals surface area contributed by atoms with Gasteiger partial charge in [0.15, 0.2) is 17.8 Å². The minimum absolute atomic E-state index is 0.489. The standard InChI is InChI=1S/C14H16BrNO3/c15-12-7-9(6-10-2-1-3-16-10)13-14(11(12)8-17)19-5-4-18-13/h7-8,10,16H,1-6H2. The zero-order chi connectivity index (χ0) is 13.2. The van der Waals surface area contributed by atoms with Gasteiger partial charge in [-0.15, -0.1) is 0 Å². The van der Waals surface area contributed by atoms with Crippen molar-refractivity contribution < 1.29 is 14.3 Å². The number of ether oxygens (including phenoxy) is 2. The third-order valence-corrected chi connectivity index (χ3v) is 4.28. The fourth-order valence-corrected chi connectivity index (χ4v) is 3.27. The minimum Gasteiger partial charge on any atom is -0.486 e. The Balaban J connectivity index is 1.98. The van der Waals surface area contributed by atoms with Crippen molar-refractivity contribution in [2.75, 3.05) is 19.8 Å². The van der Waals surface area contributed by atoms with Crippen LogP contribution in [0.1, 0.15) is 28.8 Å². The van der Waals surface area contributed by atoms with Crippen molar-refractivity contribution in [3.8, 4) is 11.5 Å². The van der Waals surface area contributed by atoms with Crippen LogP contribution >= 0.6 is 15.9 Å². The maximum absolute atomic E-state index is 11.2. The number of carbonyl (C=O) groups excluding carboxylic acids is 1. The van der Waals surface area contributed by atoms with E-state index in [2.05, 4.69) is 21.2 Å². The molecule has 1 fully saturated rings. The number of halogens is 1. The van der Waals surface area contributed by atoms with Gasteiger partial charge in [0.05, 0.1) is 5.56 Å². The Labute approximate surface area is 120 Å². The van der Waals surface area contributed by atoms with Crippen LogP contribution in [0.4, 0.5) is 0 Å². The van der Waals surface area contributed by atoms with Crippen LogP contribution < -0.4 is 14.8 Å². The van der Waals surface area contributed by atoms with Crippen molar-refractivity contribution >= 4 is 22.2 Å². The molecule has 1 N–H and O–H groups in total. The highest BCUT2D eigenvalue weighted by molar-refractivity contribution is 9.10. The first-order chi connectivity index (χ1) is 9.29. The summed E-state index contributed by atoms with van der Waals surface area (Å²) in [6.07, 6.45) is 4.12. The van der Waals surface area contributed by atoms with Gasteiger partial charge in [0, 0.05) is 16.1 Å². The number of aldehydes is 1. The molecule has 1 unspecified atom stereocenters. The zero-order valence-corrected chi connectivity index (χ0v) is 12.2. The highest BCUT2D eigenvalue weighted by Crippen LogP contribution is 2.41. The van der Waals surface area contributed by atoms with Gasteiger partial charge in [0.25, 0.3) is 0 Å². The summed E-state index contributed by atoms with van der Waals surface area (Å²) in [5.41, 5.74) is 1.64. The molecule has 102 valence electrons. The van der Waals surface area contributed by atoms with Crippen LogP contribution in [-0.2, 0) is 6.42 Å². The molecule has 5 heteroatoms. The van der Waals surface area contributed by atoms with Gasteiger partial charge in [0.2, 0.25) is 0 Å². The van der Waals surface area contributed by atoms with Crippen molar-refractivity contribution in [1.29, 1.82) is 0 Å². The molecule has 19 heavy (non-hydrogen) atoms. The summed E-state index contributed by atoms with van der Waals surface area (Å²) in [5.74, 6) is 1.33. The maximum Gasteiger partial charge on any atom is 0.173 e. The lowest BCUT2D eigenvalue weighted by Crippen LogP contribution is -2.25. The SMILES string of the molecule is O=Cc1c(Br)cc(CC2CCCN2)c2c1OCCO2. The van der Waals surface area contributed by atoms with Gasteiger partial charge >= 0.3 is 0 Å². The average Bonchev–Trinajstić information content (AvgIpc) is 2.92. The monoisotopic (exact) mass is 325 g/mol. The first kappa shape index (κ1) is 12.9. The highest BCUT2D eigenvalue weighted by atomic mass is 79.9. The molecule has 1 aromatic carbocycles. The first-order valence-corrected chi connectivity index (χ1v) is 7.38. The molecule has 1 aromatic rings. The van der Waals surface area contributed by atoms with Crippen molar-refractivity contribution in [3.05, 3.63) is 21.7 Å². The Morgan fingerprint density at radius 1 is 1.37 bits per heavy atom. The summed E-state index contributed by atoms with van der Waals surface area (Å²) >= 11 is 3.45. The minimum atomic E-state index is 0.489. The molecular formula is C14H16BrNO3. The molecule has 0 spiro atoms. The second-order valence-corrected chi connectivity index (χ2v) is 5.76. The van der Waals surface area contributed by atoms with Gasteiger partial charge < -0.3 is 14.8 Å². The number of rotatable bonds is 3. The fourth-order valence-electron chi connectivity index (χ4n) is 2.72. The lowest BCUT2D eigenvalue weighted by Gasteiger charge is -2.24. The molecular weight excluding hydrogens is 310 g/mol. The van der Waals surface area contributed by atoms with E-state index in [0.717, 1.165) is 35.0 Å². The van der Waals surface area contributed by atoms with E-state index in [0.29, 0.717) is 30.6 Å². The molecule has 2 aliphatic rings. The molecule has 0 radical (unpaired) electrons. The molecule has 0 aliphatic carbocycles. The Kier molecular flexibility index (Phi) is 3.75. The molecule has 0 bridgehead atoms. The van der Waals surface area contributed by atoms with E-state index < -0.39 is 0 Å². The Morgan fingerprint density at radius 3 is 2.84 bits per heavy atom. The number of fused-ring (bicyclic) bond motifs is 1. The largest absolute Gasteiger partial charge is 0.486 e. The number of hydrogen-bond donors (Lipinski definition) is 1. The smallest absolute Gasteiger partial charge is 0.173 e. The van der Waals surface area contributed by atoms with Gasteiger partial charge in [-0.3, -0.25) is 4.79 Å². The van der Waals surface area contributed by atoms with Crippen LogP contribution in [0.15, 0.2) is 10.5 Å². The van der Waals surface area contributed by atoms with Crippen LogP contribution in [0.3, 0.4) is 0 Å². The predicted molar refractivity (Wildman–Crippen MR) is 75.2 cm³/mol. The van der Waals surface area contributed by atoms with E-state index in [1.54, 1.807) is 0 Å². The average molecular weight is 326 g/mol. The van der Waals surface area contributed by atoms with Crippen molar-refractivity contribution in [3.63, 3.8) is 0 Å². The number of nitrogens with one attached hydrogen (secondary N) is 1. The zero-order valence-electron chi connectivity index (χ0n) is 10.6. The van der Waals surface area contributed by atoms with Gasteiger partial charge in [-0.05, 0) is 47.8 Å². The molecule has 2 aliphatic heterocycles.